The van der Waals surface area contributed by atoms with Gasteiger partial charge < -0.3 is 5.32 Å². The Morgan fingerprint density at radius 3 is 2.55 bits per heavy atom. The fraction of sp³-hybridized carbons (Fsp3) is 0.278. The van der Waals surface area contributed by atoms with Crippen LogP contribution in [-0.4, -0.2) is 5.91 Å². The summed E-state index contributed by atoms with van der Waals surface area (Å²) in [6.45, 7) is 4.05. The maximum Gasteiger partial charge on any atom is 0.220 e. The highest BCUT2D eigenvalue weighted by Gasteiger charge is 2.11. The van der Waals surface area contributed by atoms with Gasteiger partial charge in [-0.05, 0) is 49.1 Å². The average Bonchev–Trinajstić information content (AvgIpc) is 2.49. The molecule has 0 fully saturated rings. The van der Waals surface area contributed by atoms with Crippen LogP contribution in [0, 0.1) is 6.92 Å². The van der Waals surface area contributed by atoms with Crippen LogP contribution in [0.2, 0.25) is 10.0 Å². The van der Waals surface area contributed by atoms with Crippen LogP contribution in [-0.2, 0) is 11.2 Å². The first-order valence-electron chi connectivity index (χ1n) is 7.26. The van der Waals surface area contributed by atoms with Crippen LogP contribution in [0.5, 0.6) is 0 Å². The minimum atomic E-state index is 0.00232. The van der Waals surface area contributed by atoms with Crippen molar-refractivity contribution < 1.29 is 4.79 Å². The lowest BCUT2D eigenvalue weighted by molar-refractivity contribution is -0.121. The van der Waals surface area contributed by atoms with E-state index >= 15 is 0 Å². The molecule has 0 aliphatic carbocycles. The van der Waals surface area contributed by atoms with Crippen molar-refractivity contribution in [2.24, 2.45) is 0 Å². The highest BCUT2D eigenvalue weighted by molar-refractivity contribution is 6.42. The van der Waals surface area contributed by atoms with E-state index < -0.39 is 0 Å². The van der Waals surface area contributed by atoms with Gasteiger partial charge >= 0.3 is 0 Å². The van der Waals surface area contributed by atoms with Crippen LogP contribution in [0.3, 0.4) is 0 Å². The summed E-state index contributed by atoms with van der Waals surface area (Å²) in [6, 6.07) is 13.5. The summed E-state index contributed by atoms with van der Waals surface area (Å²) in [5.41, 5.74) is 3.33. The number of rotatable bonds is 5. The Hall–Kier alpha value is -1.51. The lowest BCUT2D eigenvalue weighted by atomic mass is 10.0. The molecule has 2 rings (SSSR count). The first-order valence-corrected chi connectivity index (χ1v) is 8.02. The molecule has 4 heteroatoms. The molecule has 0 aromatic heterocycles. The van der Waals surface area contributed by atoms with Crippen LogP contribution < -0.4 is 5.32 Å². The fourth-order valence-electron chi connectivity index (χ4n) is 2.42. The van der Waals surface area contributed by atoms with Crippen LogP contribution in [0.15, 0.2) is 42.5 Å². The van der Waals surface area contributed by atoms with Gasteiger partial charge in [0.2, 0.25) is 5.91 Å². The summed E-state index contributed by atoms with van der Waals surface area (Å²) in [4.78, 5) is 12.1. The predicted molar refractivity (Wildman–Crippen MR) is 92.5 cm³/mol. The standard InChI is InChI=1S/C18H19Cl2NO/c1-12-5-3-4-6-15(12)13(2)21-18(22)10-8-14-7-9-16(19)17(20)11-14/h3-7,9,11,13H,8,10H2,1-2H3,(H,21,22). The molecule has 0 heterocycles. The van der Waals surface area contributed by atoms with Crippen molar-refractivity contribution in [1.29, 1.82) is 0 Å². The van der Waals surface area contributed by atoms with Crippen LogP contribution in [0.4, 0.5) is 0 Å². The van der Waals surface area contributed by atoms with Crippen molar-refractivity contribution >= 4 is 29.1 Å². The lowest BCUT2D eigenvalue weighted by Crippen LogP contribution is -2.27. The van der Waals surface area contributed by atoms with Gasteiger partial charge in [0.15, 0.2) is 0 Å². The predicted octanol–water partition coefficient (Wildman–Crippen LogP) is 5.11. The molecule has 1 amide bonds. The molecule has 2 nitrogen and oxygen atoms in total. The third-order valence-electron chi connectivity index (χ3n) is 3.66. The molecule has 0 aliphatic heterocycles. The molecule has 0 radical (unpaired) electrons. The summed E-state index contributed by atoms with van der Waals surface area (Å²) in [5.74, 6) is 0.0295. The van der Waals surface area contributed by atoms with Gasteiger partial charge in [0.05, 0.1) is 16.1 Å². The number of benzene rings is 2. The number of nitrogens with one attached hydrogen (secondary N) is 1. The van der Waals surface area contributed by atoms with Crippen molar-refractivity contribution in [2.75, 3.05) is 0 Å². The average molecular weight is 336 g/mol. The normalized spacial score (nSPS) is 12.0. The summed E-state index contributed by atoms with van der Waals surface area (Å²) < 4.78 is 0. The van der Waals surface area contributed by atoms with E-state index in [0.717, 1.165) is 11.1 Å². The van der Waals surface area contributed by atoms with Gasteiger partial charge in [-0.15, -0.1) is 0 Å². The molecule has 1 N–H and O–H groups in total. The second kappa shape index (κ2) is 7.66. The zero-order chi connectivity index (χ0) is 16.1. The maximum absolute atomic E-state index is 12.1. The van der Waals surface area contributed by atoms with E-state index in [4.69, 9.17) is 23.2 Å². The molecule has 116 valence electrons. The lowest BCUT2D eigenvalue weighted by Gasteiger charge is -2.16. The number of aryl methyl sites for hydroxylation is 2. The maximum atomic E-state index is 12.1. The zero-order valence-corrected chi connectivity index (χ0v) is 14.2. The summed E-state index contributed by atoms with van der Waals surface area (Å²) in [6.07, 6.45) is 1.07. The van der Waals surface area contributed by atoms with Gasteiger partial charge in [0, 0.05) is 6.42 Å². The second-order valence-electron chi connectivity index (χ2n) is 5.39. The molecular weight excluding hydrogens is 317 g/mol. The number of amides is 1. The first-order chi connectivity index (χ1) is 10.5. The quantitative estimate of drug-likeness (QED) is 0.807. The monoisotopic (exact) mass is 335 g/mol. The minimum Gasteiger partial charge on any atom is -0.350 e. The Kier molecular flexibility index (Phi) is 5.87. The van der Waals surface area contributed by atoms with Crippen molar-refractivity contribution in [2.45, 2.75) is 32.7 Å². The van der Waals surface area contributed by atoms with Gasteiger partial charge in [-0.25, -0.2) is 0 Å². The third kappa shape index (κ3) is 4.49. The minimum absolute atomic E-state index is 0.00232. The zero-order valence-electron chi connectivity index (χ0n) is 12.7. The van der Waals surface area contributed by atoms with E-state index in [2.05, 4.69) is 5.32 Å². The Bertz CT molecular complexity index is 670. The van der Waals surface area contributed by atoms with E-state index in [-0.39, 0.29) is 11.9 Å². The number of carbonyl (C=O) groups excluding carboxylic acids is 1. The Morgan fingerprint density at radius 2 is 1.86 bits per heavy atom. The fourth-order valence-corrected chi connectivity index (χ4v) is 2.74. The second-order valence-corrected chi connectivity index (χ2v) is 6.21. The molecule has 22 heavy (non-hydrogen) atoms. The summed E-state index contributed by atoms with van der Waals surface area (Å²) >= 11 is 11.9. The molecular formula is C18H19Cl2NO. The van der Waals surface area contributed by atoms with E-state index in [1.54, 1.807) is 6.07 Å². The first kappa shape index (κ1) is 16.9. The summed E-state index contributed by atoms with van der Waals surface area (Å²) in [5, 5.41) is 4.09. The molecule has 2 aromatic rings. The van der Waals surface area contributed by atoms with Gasteiger partial charge in [-0.3, -0.25) is 4.79 Å². The molecule has 1 unspecified atom stereocenters. The molecule has 1 atom stereocenters. The van der Waals surface area contributed by atoms with Crippen LogP contribution in [0.1, 0.15) is 36.1 Å². The number of halogens is 2. The van der Waals surface area contributed by atoms with E-state index in [0.29, 0.717) is 22.9 Å². The van der Waals surface area contributed by atoms with Crippen molar-refractivity contribution in [3.05, 3.63) is 69.2 Å². The third-order valence-corrected chi connectivity index (χ3v) is 4.40. The van der Waals surface area contributed by atoms with Crippen molar-refractivity contribution in [3.63, 3.8) is 0 Å². The van der Waals surface area contributed by atoms with E-state index in [1.807, 2.05) is 50.2 Å². The van der Waals surface area contributed by atoms with Crippen LogP contribution in [0.25, 0.3) is 0 Å². The molecule has 0 spiro atoms. The van der Waals surface area contributed by atoms with Gasteiger partial charge in [-0.2, -0.15) is 0 Å². The number of carbonyl (C=O) groups is 1. The molecule has 0 saturated heterocycles. The van der Waals surface area contributed by atoms with Gasteiger partial charge in [0.1, 0.15) is 0 Å². The number of hydrogen-bond acceptors (Lipinski definition) is 1. The van der Waals surface area contributed by atoms with Gasteiger partial charge in [-0.1, -0.05) is 53.5 Å². The van der Waals surface area contributed by atoms with Crippen molar-refractivity contribution in [1.82, 2.24) is 5.32 Å². The number of hydrogen-bond donors (Lipinski definition) is 1. The Labute approximate surface area is 141 Å². The molecule has 2 aromatic carbocycles. The van der Waals surface area contributed by atoms with Crippen LogP contribution >= 0.6 is 23.2 Å². The van der Waals surface area contributed by atoms with Gasteiger partial charge in [0.25, 0.3) is 0 Å². The van der Waals surface area contributed by atoms with Crippen molar-refractivity contribution in [3.8, 4) is 0 Å². The topological polar surface area (TPSA) is 29.1 Å². The van der Waals surface area contributed by atoms with E-state index in [1.165, 1.54) is 5.56 Å². The molecule has 0 saturated carbocycles. The largest absolute Gasteiger partial charge is 0.350 e. The SMILES string of the molecule is Cc1ccccc1C(C)NC(=O)CCc1ccc(Cl)c(Cl)c1. The Balaban J connectivity index is 1.90. The summed E-state index contributed by atoms with van der Waals surface area (Å²) in [7, 11) is 0. The molecule has 0 aliphatic rings. The molecule has 0 bridgehead atoms. The highest BCUT2D eigenvalue weighted by Crippen LogP contribution is 2.23. The van der Waals surface area contributed by atoms with E-state index in [9.17, 15) is 4.79 Å². The highest BCUT2D eigenvalue weighted by atomic mass is 35.5. The smallest absolute Gasteiger partial charge is 0.220 e. The Morgan fingerprint density at radius 1 is 1.14 bits per heavy atom.